The molecule has 2 aliphatic heterocycles. The number of nitrogens with zero attached hydrogens (tertiary/aromatic N) is 2. The Morgan fingerprint density at radius 2 is 1.83 bits per heavy atom. The highest BCUT2D eigenvalue weighted by atomic mass is 32.2. The molecule has 0 aliphatic carbocycles. The summed E-state index contributed by atoms with van der Waals surface area (Å²) in [6.07, 6.45) is 0.409. The first-order valence-electron chi connectivity index (χ1n) is 9.87. The predicted molar refractivity (Wildman–Crippen MR) is 119 cm³/mol. The Kier molecular flexibility index (Phi) is 5.95. The minimum Gasteiger partial charge on any atom is -0.495 e. The highest BCUT2D eigenvalue weighted by molar-refractivity contribution is 8.00. The topological polar surface area (TPSA) is 79.0 Å². The van der Waals surface area contributed by atoms with Crippen molar-refractivity contribution in [2.45, 2.75) is 28.4 Å². The Morgan fingerprint density at radius 3 is 2.57 bits per heavy atom. The van der Waals surface area contributed by atoms with Crippen LogP contribution in [0.25, 0.3) is 0 Å². The maximum absolute atomic E-state index is 13.2. The summed E-state index contributed by atoms with van der Waals surface area (Å²) in [6, 6.07) is 12.8. The second-order valence-electron chi connectivity index (χ2n) is 7.40. The zero-order valence-corrected chi connectivity index (χ0v) is 18.6. The molecule has 7 nitrogen and oxygen atoms in total. The van der Waals surface area contributed by atoms with Gasteiger partial charge in [0.2, 0.25) is 15.9 Å². The molecule has 1 atom stereocenters. The third kappa shape index (κ3) is 4.14. The number of carbonyl (C=O) groups excluding carboxylic acids is 1. The lowest BCUT2D eigenvalue weighted by atomic mass is 10.2. The molecule has 0 saturated carbocycles. The number of ether oxygens (including phenoxy) is 1. The molecule has 0 bridgehead atoms. The van der Waals surface area contributed by atoms with E-state index >= 15 is 0 Å². The average Bonchev–Trinajstić information content (AvgIpc) is 2.89. The van der Waals surface area contributed by atoms with E-state index in [0.29, 0.717) is 38.3 Å². The van der Waals surface area contributed by atoms with Crippen molar-refractivity contribution < 1.29 is 17.9 Å². The van der Waals surface area contributed by atoms with E-state index in [1.54, 1.807) is 37.1 Å². The van der Waals surface area contributed by atoms with Crippen molar-refractivity contribution in [3.05, 3.63) is 42.5 Å². The largest absolute Gasteiger partial charge is 0.495 e. The van der Waals surface area contributed by atoms with E-state index < -0.39 is 10.0 Å². The van der Waals surface area contributed by atoms with Gasteiger partial charge in [0.1, 0.15) is 5.75 Å². The van der Waals surface area contributed by atoms with Crippen molar-refractivity contribution in [1.29, 1.82) is 0 Å². The van der Waals surface area contributed by atoms with E-state index in [9.17, 15) is 13.2 Å². The number of sulfonamides is 1. The average molecular weight is 448 g/mol. The molecule has 160 valence electrons. The van der Waals surface area contributed by atoms with E-state index in [2.05, 4.69) is 10.2 Å². The minimum absolute atomic E-state index is 0.0891. The Morgan fingerprint density at radius 1 is 1.10 bits per heavy atom. The quantitative estimate of drug-likeness (QED) is 0.776. The zero-order valence-electron chi connectivity index (χ0n) is 17.0. The van der Waals surface area contributed by atoms with Crippen molar-refractivity contribution >= 4 is 39.1 Å². The minimum atomic E-state index is -3.64. The number of hydrogen-bond donors (Lipinski definition) is 1. The van der Waals surface area contributed by atoms with E-state index in [4.69, 9.17) is 4.74 Å². The molecule has 0 radical (unpaired) electrons. The normalized spacial score (nSPS) is 20.3. The summed E-state index contributed by atoms with van der Waals surface area (Å²) in [5.41, 5.74) is 1.54. The molecule has 4 rings (SSSR count). The van der Waals surface area contributed by atoms with Gasteiger partial charge in [-0.1, -0.05) is 19.1 Å². The number of rotatable bonds is 4. The standard InChI is InChI=1S/C21H25N3O4S2/c1-15-13-21(25)22-17-14-16(7-8-20(17)29-15)30(26,27)24-11-9-23(10-12-24)18-5-3-4-6-19(18)28-2/h3-8,14-15H,9-13H2,1-2H3,(H,22,25)/t15-/m1/s1. The molecule has 0 aromatic heterocycles. The molecule has 2 heterocycles. The molecule has 1 N–H and O–H groups in total. The smallest absolute Gasteiger partial charge is 0.243 e. The Balaban J connectivity index is 1.52. The number of fused-ring (bicyclic) bond motifs is 1. The van der Waals surface area contributed by atoms with Crippen LogP contribution in [0.4, 0.5) is 11.4 Å². The van der Waals surface area contributed by atoms with Crippen molar-refractivity contribution in [3.63, 3.8) is 0 Å². The molecule has 30 heavy (non-hydrogen) atoms. The highest BCUT2D eigenvalue weighted by Gasteiger charge is 2.30. The third-order valence-electron chi connectivity index (χ3n) is 5.33. The predicted octanol–water partition coefficient (Wildman–Crippen LogP) is 3.03. The van der Waals surface area contributed by atoms with Gasteiger partial charge in [-0.05, 0) is 30.3 Å². The van der Waals surface area contributed by atoms with Crippen molar-refractivity contribution in [2.24, 2.45) is 0 Å². The molecular weight excluding hydrogens is 422 g/mol. The fourth-order valence-corrected chi connectivity index (χ4v) is 6.30. The fourth-order valence-electron chi connectivity index (χ4n) is 3.80. The maximum Gasteiger partial charge on any atom is 0.243 e. The number of thioether (sulfide) groups is 1. The van der Waals surface area contributed by atoms with Crippen molar-refractivity contribution in [3.8, 4) is 5.75 Å². The number of hydrogen-bond acceptors (Lipinski definition) is 6. The molecule has 2 aromatic rings. The lowest BCUT2D eigenvalue weighted by Gasteiger charge is -2.36. The second-order valence-corrected chi connectivity index (χ2v) is 10.8. The van der Waals surface area contributed by atoms with Crippen molar-refractivity contribution in [1.82, 2.24) is 4.31 Å². The van der Waals surface area contributed by atoms with E-state index in [1.807, 2.05) is 31.2 Å². The number of benzene rings is 2. The Labute approximate surface area is 181 Å². The molecular formula is C21H25N3O4S2. The summed E-state index contributed by atoms with van der Waals surface area (Å²) in [4.78, 5) is 15.3. The highest BCUT2D eigenvalue weighted by Crippen LogP contribution is 2.37. The number of nitrogens with one attached hydrogen (secondary N) is 1. The first-order valence-corrected chi connectivity index (χ1v) is 12.2. The lowest BCUT2D eigenvalue weighted by molar-refractivity contribution is -0.116. The number of amides is 1. The SMILES string of the molecule is COc1ccccc1N1CCN(S(=O)(=O)c2ccc3c(c2)NC(=O)C[C@@H](C)S3)CC1. The van der Waals surface area contributed by atoms with Crippen LogP contribution >= 0.6 is 11.8 Å². The number of para-hydroxylation sites is 2. The summed E-state index contributed by atoms with van der Waals surface area (Å²) in [6.45, 7) is 3.92. The number of carbonyl (C=O) groups is 1. The lowest BCUT2D eigenvalue weighted by Crippen LogP contribution is -2.48. The van der Waals surface area contributed by atoms with E-state index in [-0.39, 0.29) is 16.1 Å². The van der Waals surface area contributed by atoms with Gasteiger partial charge in [-0.25, -0.2) is 8.42 Å². The van der Waals surface area contributed by atoms with Gasteiger partial charge in [0.25, 0.3) is 0 Å². The number of anilines is 2. The van der Waals surface area contributed by atoms with Gasteiger partial charge in [-0.2, -0.15) is 4.31 Å². The van der Waals surface area contributed by atoms with Crippen LogP contribution in [0.3, 0.4) is 0 Å². The Bertz CT molecular complexity index is 1050. The van der Waals surface area contributed by atoms with Crippen LogP contribution in [0.15, 0.2) is 52.3 Å². The van der Waals surface area contributed by atoms with Gasteiger partial charge in [0, 0.05) is 42.7 Å². The van der Waals surface area contributed by atoms with E-state index in [0.717, 1.165) is 16.3 Å². The summed E-state index contributed by atoms with van der Waals surface area (Å²) < 4.78 is 33.4. The third-order valence-corrected chi connectivity index (χ3v) is 8.40. The summed E-state index contributed by atoms with van der Waals surface area (Å²) in [5.74, 6) is 0.691. The molecule has 0 spiro atoms. The van der Waals surface area contributed by atoms with Crippen molar-refractivity contribution in [2.75, 3.05) is 43.5 Å². The molecule has 2 aromatic carbocycles. The molecule has 1 amide bonds. The number of piperazine rings is 1. The molecule has 1 fully saturated rings. The van der Waals surface area contributed by atoms with Crippen LogP contribution in [0.5, 0.6) is 5.75 Å². The van der Waals surface area contributed by atoms with Gasteiger partial charge in [0.05, 0.1) is 23.4 Å². The first-order chi connectivity index (χ1) is 14.4. The monoisotopic (exact) mass is 447 g/mol. The summed E-state index contributed by atoms with van der Waals surface area (Å²) >= 11 is 1.58. The second kappa shape index (κ2) is 8.49. The fraction of sp³-hybridized carbons (Fsp3) is 0.381. The van der Waals surface area contributed by atoms with E-state index in [1.165, 1.54) is 4.31 Å². The molecule has 2 aliphatic rings. The summed E-state index contributed by atoms with van der Waals surface area (Å²) in [5, 5.41) is 2.99. The molecule has 1 saturated heterocycles. The maximum atomic E-state index is 13.2. The van der Waals surface area contributed by atoms with Crippen LogP contribution in [0.2, 0.25) is 0 Å². The zero-order chi connectivity index (χ0) is 21.3. The Hall–Kier alpha value is -2.23. The van der Waals surface area contributed by atoms with Crippen LogP contribution in [0.1, 0.15) is 13.3 Å². The molecule has 9 heteroatoms. The van der Waals surface area contributed by atoms with Gasteiger partial charge in [-0.3, -0.25) is 4.79 Å². The number of methoxy groups -OCH3 is 1. The van der Waals surface area contributed by atoms with Gasteiger partial charge in [-0.15, -0.1) is 11.8 Å². The van der Waals surface area contributed by atoms with Crippen LogP contribution < -0.4 is 15.0 Å². The van der Waals surface area contributed by atoms with Gasteiger partial charge < -0.3 is 15.0 Å². The first kappa shape index (κ1) is 21.0. The summed E-state index contributed by atoms with van der Waals surface area (Å²) in [7, 11) is -2.01. The van der Waals surface area contributed by atoms with Gasteiger partial charge >= 0.3 is 0 Å². The van der Waals surface area contributed by atoms with Gasteiger partial charge in [0.15, 0.2) is 0 Å². The molecule has 0 unspecified atom stereocenters. The van der Waals surface area contributed by atoms with Crippen LogP contribution in [-0.2, 0) is 14.8 Å². The van der Waals surface area contributed by atoms with Crippen LogP contribution in [-0.4, -0.2) is 57.2 Å². The van der Waals surface area contributed by atoms with Crippen LogP contribution in [0, 0.1) is 0 Å².